The van der Waals surface area contributed by atoms with Gasteiger partial charge in [0, 0.05) is 13.2 Å². The quantitative estimate of drug-likeness (QED) is 0.534. The van der Waals surface area contributed by atoms with Crippen LogP contribution in [0.2, 0.25) is 0 Å². The minimum atomic E-state index is -0.712. The van der Waals surface area contributed by atoms with Crippen molar-refractivity contribution >= 4 is 5.97 Å². The third-order valence-corrected chi connectivity index (χ3v) is 2.61. The van der Waals surface area contributed by atoms with Gasteiger partial charge >= 0.3 is 5.97 Å². The number of carboxylic acids is 1. The molecule has 1 atom stereocenters. The van der Waals surface area contributed by atoms with Crippen molar-refractivity contribution in [2.45, 2.75) is 45.4 Å². The molecule has 0 fully saturated rings. The SMILES string of the molecule is CCCCOCCC(CCCCN)C(=O)O. The number of rotatable bonds is 11. The van der Waals surface area contributed by atoms with Crippen LogP contribution < -0.4 is 5.73 Å². The Morgan fingerprint density at radius 1 is 1.25 bits per heavy atom. The number of hydrogen-bond donors (Lipinski definition) is 2. The number of unbranched alkanes of at least 4 members (excludes halogenated alkanes) is 2. The van der Waals surface area contributed by atoms with Gasteiger partial charge in [-0.05, 0) is 32.2 Å². The van der Waals surface area contributed by atoms with Crippen molar-refractivity contribution in [1.29, 1.82) is 0 Å². The largest absolute Gasteiger partial charge is 0.481 e. The van der Waals surface area contributed by atoms with Crippen LogP contribution in [0.25, 0.3) is 0 Å². The van der Waals surface area contributed by atoms with E-state index < -0.39 is 5.97 Å². The van der Waals surface area contributed by atoms with Crippen LogP contribution in [0.5, 0.6) is 0 Å². The van der Waals surface area contributed by atoms with E-state index in [2.05, 4.69) is 6.92 Å². The highest BCUT2D eigenvalue weighted by atomic mass is 16.5. The molecule has 0 heterocycles. The molecule has 4 nitrogen and oxygen atoms in total. The topological polar surface area (TPSA) is 72.5 Å². The van der Waals surface area contributed by atoms with E-state index in [-0.39, 0.29) is 5.92 Å². The van der Waals surface area contributed by atoms with E-state index in [1.807, 2.05) is 0 Å². The molecule has 0 bridgehead atoms. The fraction of sp³-hybridized carbons (Fsp3) is 0.917. The van der Waals surface area contributed by atoms with Crippen molar-refractivity contribution in [2.24, 2.45) is 11.7 Å². The second kappa shape index (κ2) is 10.9. The maximum Gasteiger partial charge on any atom is 0.306 e. The molecule has 0 aromatic carbocycles. The molecule has 16 heavy (non-hydrogen) atoms. The van der Waals surface area contributed by atoms with E-state index in [9.17, 15) is 4.79 Å². The lowest BCUT2D eigenvalue weighted by Crippen LogP contribution is -2.16. The zero-order valence-electron chi connectivity index (χ0n) is 10.3. The van der Waals surface area contributed by atoms with Crippen LogP contribution >= 0.6 is 0 Å². The molecule has 0 aromatic rings. The van der Waals surface area contributed by atoms with Crippen molar-refractivity contribution < 1.29 is 14.6 Å². The van der Waals surface area contributed by atoms with Gasteiger partial charge in [0.05, 0.1) is 5.92 Å². The Morgan fingerprint density at radius 2 is 2.00 bits per heavy atom. The highest BCUT2D eigenvalue weighted by Crippen LogP contribution is 2.13. The third-order valence-electron chi connectivity index (χ3n) is 2.61. The van der Waals surface area contributed by atoms with Crippen molar-refractivity contribution in [3.63, 3.8) is 0 Å². The zero-order chi connectivity index (χ0) is 12.2. The molecule has 0 saturated carbocycles. The van der Waals surface area contributed by atoms with Gasteiger partial charge in [-0.1, -0.05) is 19.8 Å². The van der Waals surface area contributed by atoms with Gasteiger partial charge in [-0.3, -0.25) is 4.79 Å². The predicted octanol–water partition coefficient (Wildman–Crippen LogP) is 2.02. The van der Waals surface area contributed by atoms with Crippen LogP contribution in [0.4, 0.5) is 0 Å². The summed E-state index contributed by atoms with van der Waals surface area (Å²) in [6, 6.07) is 0. The molecule has 96 valence electrons. The molecule has 0 aliphatic rings. The fourth-order valence-electron chi connectivity index (χ4n) is 1.50. The summed E-state index contributed by atoms with van der Waals surface area (Å²) in [5.41, 5.74) is 5.37. The number of aliphatic carboxylic acids is 1. The Kier molecular flexibility index (Phi) is 10.5. The van der Waals surface area contributed by atoms with Gasteiger partial charge in [-0.15, -0.1) is 0 Å². The van der Waals surface area contributed by atoms with Crippen LogP contribution in [0.1, 0.15) is 45.4 Å². The number of hydrogen-bond acceptors (Lipinski definition) is 3. The van der Waals surface area contributed by atoms with Crippen LogP contribution in [-0.4, -0.2) is 30.8 Å². The van der Waals surface area contributed by atoms with Gasteiger partial charge in [-0.25, -0.2) is 0 Å². The molecule has 3 N–H and O–H groups in total. The molecule has 0 radical (unpaired) electrons. The first kappa shape index (κ1) is 15.4. The molecular formula is C12H25NO3. The Hall–Kier alpha value is -0.610. The first-order valence-electron chi connectivity index (χ1n) is 6.23. The van der Waals surface area contributed by atoms with Crippen LogP contribution in [0, 0.1) is 5.92 Å². The normalized spacial score (nSPS) is 12.6. The maximum atomic E-state index is 10.9. The summed E-state index contributed by atoms with van der Waals surface area (Å²) in [6.07, 6.45) is 5.28. The highest BCUT2D eigenvalue weighted by Gasteiger charge is 2.16. The Balaban J connectivity index is 3.56. The van der Waals surface area contributed by atoms with E-state index in [1.165, 1.54) is 0 Å². The van der Waals surface area contributed by atoms with Gasteiger partial charge in [0.25, 0.3) is 0 Å². The molecule has 4 heteroatoms. The number of nitrogens with two attached hydrogens (primary N) is 1. The molecule has 0 aliphatic heterocycles. The van der Waals surface area contributed by atoms with Crippen molar-refractivity contribution in [2.75, 3.05) is 19.8 Å². The zero-order valence-corrected chi connectivity index (χ0v) is 10.3. The molecular weight excluding hydrogens is 206 g/mol. The number of ether oxygens (including phenoxy) is 1. The summed E-state index contributed by atoms with van der Waals surface area (Å²) in [7, 11) is 0. The summed E-state index contributed by atoms with van der Waals surface area (Å²) < 4.78 is 5.37. The average Bonchev–Trinajstić information content (AvgIpc) is 2.26. The van der Waals surface area contributed by atoms with E-state index in [1.54, 1.807) is 0 Å². The first-order valence-corrected chi connectivity index (χ1v) is 6.23. The van der Waals surface area contributed by atoms with Gasteiger partial charge < -0.3 is 15.6 Å². The van der Waals surface area contributed by atoms with E-state index in [4.69, 9.17) is 15.6 Å². The molecule has 1 unspecified atom stereocenters. The summed E-state index contributed by atoms with van der Waals surface area (Å²) in [6.45, 7) is 4.04. The van der Waals surface area contributed by atoms with Crippen molar-refractivity contribution in [1.82, 2.24) is 0 Å². The Labute approximate surface area is 98.2 Å². The molecule has 0 aliphatic carbocycles. The van der Waals surface area contributed by atoms with Crippen molar-refractivity contribution in [3.05, 3.63) is 0 Å². The standard InChI is InChI=1S/C12H25NO3/c1-2-3-9-16-10-7-11(12(14)15)6-4-5-8-13/h11H,2-10,13H2,1H3,(H,14,15). The third kappa shape index (κ3) is 8.68. The second-order valence-corrected chi connectivity index (χ2v) is 4.07. The summed E-state index contributed by atoms with van der Waals surface area (Å²) in [5, 5.41) is 8.99. The smallest absolute Gasteiger partial charge is 0.306 e. The lowest BCUT2D eigenvalue weighted by molar-refractivity contribution is -0.142. The van der Waals surface area contributed by atoms with E-state index >= 15 is 0 Å². The highest BCUT2D eigenvalue weighted by molar-refractivity contribution is 5.69. The lowest BCUT2D eigenvalue weighted by Gasteiger charge is -2.12. The molecule has 0 rings (SSSR count). The minimum Gasteiger partial charge on any atom is -0.481 e. The summed E-state index contributed by atoms with van der Waals surface area (Å²) in [5.74, 6) is -0.982. The summed E-state index contributed by atoms with van der Waals surface area (Å²) in [4.78, 5) is 10.9. The molecule has 0 spiro atoms. The summed E-state index contributed by atoms with van der Waals surface area (Å²) >= 11 is 0. The lowest BCUT2D eigenvalue weighted by atomic mass is 9.99. The first-order chi connectivity index (χ1) is 7.72. The molecule has 0 saturated heterocycles. The van der Waals surface area contributed by atoms with E-state index in [0.29, 0.717) is 26.0 Å². The predicted molar refractivity (Wildman–Crippen MR) is 64.4 cm³/mol. The van der Waals surface area contributed by atoms with Gasteiger partial charge in [0.1, 0.15) is 0 Å². The number of carboxylic acid groups (broad SMARTS) is 1. The Morgan fingerprint density at radius 3 is 2.56 bits per heavy atom. The monoisotopic (exact) mass is 231 g/mol. The van der Waals surface area contributed by atoms with Crippen LogP contribution in [0.3, 0.4) is 0 Å². The number of carbonyl (C=O) groups is 1. The van der Waals surface area contributed by atoms with Gasteiger partial charge in [0.15, 0.2) is 0 Å². The molecule has 0 aromatic heterocycles. The second-order valence-electron chi connectivity index (χ2n) is 4.07. The molecule has 0 amide bonds. The van der Waals surface area contributed by atoms with Gasteiger partial charge in [-0.2, -0.15) is 0 Å². The fourth-order valence-corrected chi connectivity index (χ4v) is 1.50. The Bertz CT molecular complexity index is 174. The minimum absolute atomic E-state index is 0.270. The van der Waals surface area contributed by atoms with Crippen LogP contribution in [0.15, 0.2) is 0 Å². The van der Waals surface area contributed by atoms with Crippen molar-refractivity contribution in [3.8, 4) is 0 Å². The van der Waals surface area contributed by atoms with Crippen LogP contribution in [-0.2, 0) is 9.53 Å². The maximum absolute atomic E-state index is 10.9. The van der Waals surface area contributed by atoms with E-state index in [0.717, 1.165) is 32.3 Å². The average molecular weight is 231 g/mol. The van der Waals surface area contributed by atoms with Gasteiger partial charge in [0.2, 0.25) is 0 Å².